The molecule has 0 aliphatic carbocycles. The largest absolute Gasteiger partial charge is 0.466 e. The van der Waals surface area contributed by atoms with E-state index >= 15 is 0 Å². The molecule has 0 bridgehead atoms. The van der Waals surface area contributed by atoms with E-state index in [0.29, 0.717) is 0 Å². The van der Waals surface area contributed by atoms with Crippen LogP contribution in [0.4, 0.5) is 4.39 Å². The molecule has 6 nitrogen and oxygen atoms in total. The van der Waals surface area contributed by atoms with Gasteiger partial charge in [0.1, 0.15) is 11.9 Å². The van der Waals surface area contributed by atoms with E-state index in [1.807, 2.05) is 0 Å². The van der Waals surface area contributed by atoms with E-state index in [9.17, 15) is 18.8 Å². The lowest BCUT2D eigenvalue weighted by Gasteiger charge is -2.18. The lowest BCUT2D eigenvalue weighted by Crippen LogP contribution is -2.46. The summed E-state index contributed by atoms with van der Waals surface area (Å²) < 4.78 is 17.9. The second-order valence-electron chi connectivity index (χ2n) is 4.83. The van der Waals surface area contributed by atoms with Crippen LogP contribution in [0.3, 0.4) is 0 Å². The molecule has 1 aromatic carbocycles. The molecular weight excluding hydrogens is 291 g/mol. The van der Waals surface area contributed by atoms with Gasteiger partial charge in [-0.1, -0.05) is 13.0 Å². The lowest BCUT2D eigenvalue weighted by molar-refractivity contribution is -0.147. The van der Waals surface area contributed by atoms with Crippen molar-refractivity contribution in [2.45, 2.75) is 26.3 Å². The fourth-order valence-corrected chi connectivity index (χ4v) is 1.85. The highest BCUT2D eigenvalue weighted by Crippen LogP contribution is 2.10. The average molecular weight is 310 g/mol. The standard InChI is InChI=1S/C15H19FN2O4/c1-3-22-15(21)9(2)7-12(13(17)19)18-14(20)10-5-4-6-11(16)8-10/h4-6,8-9,12H,3,7H2,1-2H3,(H2,17,19)(H,18,20)/t9-,12-/m0/s1. The summed E-state index contributed by atoms with van der Waals surface area (Å²) in [5.41, 5.74) is 5.30. The number of halogens is 1. The van der Waals surface area contributed by atoms with Crippen LogP contribution in [0, 0.1) is 11.7 Å². The Morgan fingerprint density at radius 1 is 1.36 bits per heavy atom. The van der Waals surface area contributed by atoms with Crippen LogP contribution in [0.25, 0.3) is 0 Å². The summed E-state index contributed by atoms with van der Waals surface area (Å²) in [4.78, 5) is 35.0. The third-order valence-electron chi connectivity index (χ3n) is 3.01. The highest BCUT2D eigenvalue weighted by molar-refractivity contribution is 5.97. The van der Waals surface area contributed by atoms with Gasteiger partial charge in [-0.05, 0) is 31.5 Å². The Morgan fingerprint density at radius 3 is 2.59 bits per heavy atom. The summed E-state index contributed by atoms with van der Waals surface area (Å²) in [6.07, 6.45) is 0.00915. The zero-order chi connectivity index (χ0) is 16.7. The first-order valence-corrected chi connectivity index (χ1v) is 6.87. The minimum absolute atomic E-state index is 0.00915. The monoisotopic (exact) mass is 310 g/mol. The van der Waals surface area contributed by atoms with Gasteiger partial charge in [0.05, 0.1) is 12.5 Å². The van der Waals surface area contributed by atoms with Gasteiger partial charge in [-0.15, -0.1) is 0 Å². The normalized spacial score (nSPS) is 13.0. The Hall–Kier alpha value is -2.44. The number of primary amides is 1. The first-order chi connectivity index (χ1) is 10.3. The molecule has 1 rings (SSSR count). The Bertz CT molecular complexity index is 562. The van der Waals surface area contributed by atoms with Crippen LogP contribution in [0.15, 0.2) is 24.3 Å². The predicted molar refractivity (Wildman–Crippen MR) is 77.3 cm³/mol. The van der Waals surface area contributed by atoms with Crippen molar-refractivity contribution < 1.29 is 23.5 Å². The van der Waals surface area contributed by atoms with Crippen LogP contribution in [-0.4, -0.2) is 30.4 Å². The summed E-state index contributed by atoms with van der Waals surface area (Å²) >= 11 is 0. The molecule has 2 amide bonds. The fraction of sp³-hybridized carbons (Fsp3) is 0.400. The highest BCUT2D eigenvalue weighted by atomic mass is 19.1. The molecule has 7 heteroatoms. The van der Waals surface area contributed by atoms with Gasteiger partial charge in [0.2, 0.25) is 5.91 Å². The Balaban J connectivity index is 2.74. The van der Waals surface area contributed by atoms with E-state index in [4.69, 9.17) is 10.5 Å². The topological polar surface area (TPSA) is 98.5 Å². The molecule has 0 saturated carbocycles. The van der Waals surface area contributed by atoms with E-state index in [1.54, 1.807) is 13.8 Å². The average Bonchev–Trinajstić information content (AvgIpc) is 2.46. The molecule has 120 valence electrons. The van der Waals surface area contributed by atoms with Crippen molar-refractivity contribution >= 4 is 17.8 Å². The second kappa shape index (κ2) is 8.11. The van der Waals surface area contributed by atoms with Crippen LogP contribution in [0.5, 0.6) is 0 Å². The number of ether oxygens (including phenoxy) is 1. The van der Waals surface area contributed by atoms with Crippen molar-refractivity contribution in [2.24, 2.45) is 11.7 Å². The molecule has 0 aliphatic rings. The molecule has 0 aromatic heterocycles. The Kier molecular flexibility index (Phi) is 6.49. The van der Waals surface area contributed by atoms with Crippen molar-refractivity contribution in [3.63, 3.8) is 0 Å². The first-order valence-electron chi connectivity index (χ1n) is 6.87. The van der Waals surface area contributed by atoms with E-state index in [0.717, 1.165) is 6.07 Å². The molecule has 0 aliphatic heterocycles. The van der Waals surface area contributed by atoms with Crippen LogP contribution in [0.2, 0.25) is 0 Å². The van der Waals surface area contributed by atoms with E-state index < -0.39 is 35.6 Å². The van der Waals surface area contributed by atoms with Crippen LogP contribution in [-0.2, 0) is 14.3 Å². The fourth-order valence-electron chi connectivity index (χ4n) is 1.85. The highest BCUT2D eigenvalue weighted by Gasteiger charge is 2.25. The predicted octanol–water partition coefficient (Wildman–Crippen LogP) is 0.999. The SMILES string of the molecule is CCOC(=O)[C@@H](C)C[C@H](NC(=O)c1cccc(F)c1)C(N)=O. The number of hydrogen-bond donors (Lipinski definition) is 2. The van der Waals surface area contributed by atoms with E-state index in [-0.39, 0.29) is 18.6 Å². The number of nitrogens with one attached hydrogen (secondary N) is 1. The van der Waals surface area contributed by atoms with Gasteiger partial charge in [0, 0.05) is 5.56 Å². The minimum Gasteiger partial charge on any atom is -0.466 e. The molecule has 0 saturated heterocycles. The summed E-state index contributed by atoms with van der Waals surface area (Å²) in [5, 5.41) is 2.40. The maximum absolute atomic E-state index is 13.1. The van der Waals surface area contributed by atoms with Crippen molar-refractivity contribution in [1.29, 1.82) is 0 Å². The number of esters is 1. The van der Waals surface area contributed by atoms with Gasteiger partial charge in [0.15, 0.2) is 0 Å². The summed E-state index contributed by atoms with van der Waals surface area (Å²) in [5.74, 6) is -3.07. The summed E-state index contributed by atoms with van der Waals surface area (Å²) in [6, 6.07) is 3.98. The zero-order valence-corrected chi connectivity index (χ0v) is 12.5. The van der Waals surface area contributed by atoms with E-state index in [2.05, 4.69) is 5.32 Å². The zero-order valence-electron chi connectivity index (χ0n) is 12.5. The lowest BCUT2D eigenvalue weighted by atomic mass is 10.0. The molecule has 2 atom stereocenters. The summed E-state index contributed by atoms with van der Waals surface area (Å²) in [6.45, 7) is 3.46. The molecule has 1 aromatic rings. The van der Waals surface area contributed by atoms with E-state index in [1.165, 1.54) is 18.2 Å². The number of benzene rings is 1. The van der Waals surface area contributed by atoms with Crippen LogP contribution in [0.1, 0.15) is 30.6 Å². The van der Waals surface area contributed by atoms with Gasteiger partial charge in [-0.25, -0.2) is 4.39 Å². The number of rotatable bonds is 7. The van der Waals surface area contributed by atoms with Crippen molar-refractivity contribution in [3.05, 3.63) is 35.6 Å². The van der Waals surface area contributed by atoms with Gasteiger partial charge in [0.25, 0.3) is 5.91 Å². The van der Waals surface area contributed by atoms with Crippen LogP contribution < -0.4 is 11.1 Å². The third kappa shape index (κ3) is 5.16. The van der Waals surface area contributed by atoms with Crippen molar-refractivity contribution in [3.8, 4) is 0 Å². The molecule has 0 unspecified atom stereocenters. The molecule has 0 radical (unpaired) electrons. The molecular formula is C15H19FN2O4. The smallest absolute Gasteiger partial charge is 0.308 e. The first kappa shape index (κ1) is 17.6. The van der Waals surface area contributed by atoms with Crippen molar-refractivity contribution in [2.75, 3.05) is 6.61 Å². The number of amides is 2. The van der Waals surface area contributed by atoms with Gasteiger partial charge in [-0.3, -0.25) is 14.4 Å². The number of carbonyl (C=O) groups is 3. The third-order valence-corrected chi connectivity index (χ3v) is 3.01. The second-order valence-corrected chi connectivity index (χ2v) is 4.83. The van der Waals surface area contributed by atoms with Crippen LogP contribution >= 0.6 is 0 Å². The number of carbonyl (C=O) groups excluding carboxylic acids is 3. The quantitative estimate of drug-likeness (QED) is 0.734. The molecule has 0 spiro atoms. The maximum atomic E-state index is 13.1. The van der Waals surface area contributed by atoms with Gasteiger partial charge < -0.3 is 15.8 Å². The summed E-state index contributed by atoms with van der Waals surface area (Å²) in [7, 11) is 0. The number of hydrogen-bond acceptors (Lipinski definition) is 4. The van der Waals surface area contributed by atoms with Gasteiger partial charge >= 0.3 is 5.97 Å². The minimum atomic E-state index is -1.05. The molecule has 0 heterocycles. The Labute approximate surface area is 127 Å². The number of nitrogens with two attached hydrogens (primary N) is 1. The van der Waals surface area contributed by atoms with Gasteiger partial charge in [-0.2, -0.15) is 0 Å². The maximum Gasteiger partial charge on any atom is 0.308 e. The molecule has 0 fully saturated rings. The molecule has 3 N–H and O–H groups in total. The Morgan fingerprint density at radius 2 is 2.05 bits per heavy atom. The molecule has 22 heavy (non-hydrogen) atoms. The van der Waals surface area contributed by atoms with Crippen molar-refractivity contribution in [1.82, 2.24) is 5.32 Å².